The van der Waals surface area contributed by atoms with Crippen LogP contribution in [0.5, 0.6) is 17.2 Å². The van der Waals surface area contributed by atoms with E-state index in [0.717, 1.165) is 42.4 Å². The molecule has 0 aliphatic heterocycles. The number of phenolic OH excluding ortho intramolecular Hbond substituents is 2. The fourth-order valence-corrected chi connectivity index (χ4v) is 6.94. The fraction of sp³-hybridized carbons (Fsp3) is 0.605. The van der Waals surface area contributed by atoms with Gasteiger partial charge in [-0.25, -0.2) is 0 Å². The van der Waals surface area contributed by atoms with Crippen molar-refractivity contribution in [3.8, 4) is 17.2 Å². The zero-order valence-electron chi connectivity index (χ0n) is 30.8. The number of hydrogen-bond donors (Lipinski definition) is 2. The molecule has 2 N–H and O–H groups in total. The average Bonchev–Trinajstić information content (AvgIpc) is 2.98. The van der Waals surface area contributed by atoms with Crippen LogP contribution in [0.15, 0.2) is 34.3 Å². The highest BCUT2D eigenvalue weighted by Crippen LogP contribution is 2.38. The average molecular weight is 667 g/mol. The second kappa shape index (κ2) is 15.0. The Labute approximate surface area is 283 Å². The maximum Gasteiger partial charge on any atom is 0.334 e. The molecule has 47 heavy (non-hydrogen) atoms. The Morgan fingerprint density at radius 3 is 1.70 bits per heavy atom. The number of ether oxygens (including phenoxy) is 1. The summed E-state index contributed by atoms with van der Waals surface area (Å²) >= 11 is 0. The minimum atomic E-state index is -2.42. The molecule has 0 heterocycles. The molecule has 0 saturated heterocycles. The zero-order chi connectivity index (χ0) is 35.4. The van der Waals surface area contributed by atoms with E-state index in [0.29, 0.717) is 22.9 Å². The maximum absolute atomic E-state index is 12.8. The molecular formula is C38H58N2O6Si. The van der Waals surface area contributed by atoms with E-state index in [9.17, 15) is 15.0 Å². The van der Waals surface area contributed by atoms with Crippen molar-refractivity contribution in [2.75, 3.05) is 14.2 Å². The van der Waals surface area contributed by atoms with Gasteiger partial charge in [0.2, 0.25) is 0 Å². The van der Waals surface area contributed by atoms with Gasteiger partial charge in [0.1, 0.15) is 17.2 Å². The molecule has 0 aromatic heterocycles. The minimum absolute atomic E-state index is 0.0685. The van der Waals surface area contributed by atoms with Crippen LogP contribution >= 0.6 is 0 Å². The summed E-state index contributed by atoms with van der Waals surface area (Å²) in [4.78, 5) is 22.8. The van der Waals surface area contributed by atoms with Crippen LogP contribution in [0.3, 0.4) is 0 Å². The Morgan fingerprint density at radius 1 is 0.787 bits per heavy atom. The molecule has 2 atom stereocenters. The highest BCUT2D eigenvalue weighted by atomic mass is 28.4. The Balaban J connectivity index is 1.93. The monoisotopic (exact) mass is 666 g/mol. The third-order valence-electron chi connectivity index (χ3n) is 9.12. The van der Waals surface area contributed by atoms with Gasteiger partial charge in [0.05, 0.1) is 12.1 Å². The first-order chi connectivity index (χ1) is 21.7. The maximum atomic E-state index is 12.8. The quantitative estimate of drug-likeness (QED) is 0.114. The van der Waals surface area contributed by atoms with Gasteiger partial charge in [0, 0.05) is 61.4 Å². The molecule has 1 aliphatic carbocycles. The molecule has 0 spiro atoms. The zero-order valence-corrected chi connectivity index (χ0v) is 31.8. The number of esters is 1. The third-order valence-corrected chi connectivity index (χ3v) is 12.0. The molecule has 0 unspecified atom stereocenters. The normalized spacial score (nSPS) is 18.3. The molecule has 0 bridgehead atoms. The van der Waals surface area contributed by atoms with Gasteiger partial charge in [-0.2, -0.15) is 0 Å². The van der Waals surface area contributed by atoms with Gasteiger partial charge >= 0.3 is 14.5 Å². The molecule has 0 radical (unpaired) electrons. The highest BCUT2D eigenvalue weighted by molar-refractivity contribution is 6.66. The van der Waals surface area contributed by atoms with Gasteiger partial charge in [-0.1, -0.05) is 81.2 Å². The van der Waals surface area contributed by atoms with Crippen molar-refractivity contribution >= 4 is 27.0 Å². The molecule has 8 nitrogen and oxygen atoms in total. The number of carbonyl (C=O) groups is 1. The van der Waals surface area contributed by atoms with Crippen LogP contribution in [-0.2, 0) is 29.9 Å². The number of aliphatic imine (C=N–C) groups is 2. The molecule has 1 saturated carbocycles. The predicted octanol–water partition coefficient (Wildman–Crippen LogP) is 8.50. The van der Waals surface area contributed by atoms with Gasteiger partial charge in [-0.05, 0) is 59.4 Å². The van der Waals surface area contributed by atoms with E-state index in [1.165, 1.54) is 0 Å². The van der Waals surface area contributed by atoms with E-state index in [1.807, 2.05) is 39.6 Å². The molecule has 1 fully saturated rings. The number of aromatic hydroxyl groups is 2. The molecule has 3 rings (SSSR count). The van der Waals surface area contributed by atoms with E-state index in [2.05, 4.69) is 47.6 Å². The second-order valence-electron chi connectivity index (χ2n) is 16.1. The van der Waals surface area contributed by atoms with Gasteiger partial charge in [0.25, 0.3) is 0 Å². The van der Waals surface area contributed by atoms with Crippen LogP contribution in [0.4, 0.5) is 0 Å². The van der Waals surface area contributed by atoms with Crippen LogP contribution in [0.2, 0.25) is 12.6 Å². The van der Waals surface area contributed by atoms with Gasteiger partial charge in [0.15, 0.2) is 0 Å². The first kappa shape index (κ1) is 38.4. The summed E-state index contributed by atoms with van der Waals surface area (Å²) < 4.78 is 16.8. The number of rotatable bonds is 10. The Kier molecular flexibility index (Phi) is 12.3. The lowest BCUT2D eigenvalue weighted by molar-refractivity contribution is -0.134. The summed E-state index contributed by atoms with van der Waals surface area (Å²) in [6.07, 6.45) is 7.50. The summed E-state index contributed by atoms with van der Waals surface area (Å²) in [6, 6.07) is 7.86. The van der Waals surface area contributed by atoms with Gasteiger partial charge in [-0.15, -0.1) is 0 Å². The Hall–Kier alpha value is -3.01. The van der Waals surface area contributed by atoms with Gasteiger partial charge in [-0.3, -0.25) is 14.8 Å². The first-order valence-electron chi connectivity index (χ1n) is 16.8. The third kappa shape index (κ3) is 10.2. The Bertz CT molecular complexity index is 1460. The molecule has 2 aromatic carbocycles. The molecular weight excluding hydrogens is 609 g/mol. The van der Waals surface area contributed by atoms with E-state index in [4.69, 9.17) is 23.6 Å². The topological polar surface area (TPSA) is 110 Å². The molecule has 0 amide bonds. The van der Waals surface area contributed by atoms with E-state index >= 15 is 0 Å². The van der Waals surface area contributed by atoms with E-state index in [-0.39, 0.29) is 46.8 Å². The van der Waals surface area contributed by atoms with E-state index < -0.39 is 14.0 Å². The van der Waals surface area contributed by atoms with Crippen LogP contribution in [0.25, 0.3) is 0 Å². The molecule has 2 aromatic rings. The number of carbonyl (C=O) groups excluding carboxylic acids is 1. The van der Waals surface area contributed by atoms with Crippen molar-refractivity contribution < 1.29 is 28.6 Å². The van der Waals surface area contributed by atoms with Crippen molar-refractivity contribution in [3.05, 3.63) is 52.1 Å². The van der Waals surface area contributed by atoms with Crippen LogP contribution in [0.1, 0.15) is 122 Å². The number of nitrogens with zero attached hydrogens (tertiary/aromatic N) is 2. The summed E-state index contributed by atoms with van der Waals surface area (Å²) in [5, 5.41) is 22.6. The first-order valence-corrected chi connectivity index (χ1v) is 19.3. The van der Waals surface area contributed by atoms with Crippen LogP contribution in [0, 0.1) is 0 Å². The number of benzene rings is 2. The summed E-state index contributed by atoms with van der Waals surface area (Å²) in [5.74, 6) is 0.364. The Morgan fingerprint density at radius 2 is 1.26 bits per heavy atom. The minimum Gasteiger partial charge on any atom is -0.507 e. The summed E-state index contributed by atoms with van der Waals surface area (Å²) in [7, 11) is 0.779. The summed E-state index contributed by atoms with van der Waals surface area (Å²) in [5.41, 5.74) is 3.23. The number of hydrogen-bond acceptors (Lipinski definition) is 8. The van der Waals surface area contributed by atoms with Gasteiger partial charge < -0.3 is 23.8 Å². The largest absolute Gasteiger partial charge is 0.507 e. The SMILES string of the molecule is CO[Si](C)(CCC(=O)Oc1cc(C=N[C@@H]2CCCC[C@H]2N=Cc2cc(C(C)(C)C)cc(C(C)(C)C)c2O)c(O)c(C(C)(C)C)c1)OC. The van der Waals surface area contributed by atoms with Crippen molar-refractivity contribution in [3.63, 3.8) is 0 Å². The lowest BCUT2D eigenvalue weighted by atomic mass is 9.79. The van der Waals surface area contributed by atoms with E-state index in [1.54, 1.807) is 32.6 Å². The van der Waals surface area contributed by atoms with Crippen molar-refractivity contribution in [2.24, 2.45) is 9.98 Å². The smallest absolute Gasteiger partial charge is 0.334 e. The van der Waals surface area contributed by atoms with Crippen molar-refractivity contribution in [2.45, 2.75) is 135 Å². The number of phenols is 2. The molecule has 9 heteroatoms. The van der Waals surface area contributed by atoms with Crippen molar-refractivity contribution in [1.29, 1.82) is 0 Å². The lowest BCUT2D eigenvalue weighted by Crippen LogP contribution is -2.36. The predicted molar refractivity (Wildman–Crippen MR) is 194 cm³/mol. The second-order valence-corrected chi connectivity index (χ2v) is 19.7. The summed E-state index contributed by atoms with van der Waals surface area (Å²) in [6.45, 7) is 20.8. The molecule has 260 valence electrons. The fourth-order valence-electron chi connectivity index (χ4n) is 5.71. The van der Waals surface area contributed by atoms with Crippen LogP contribution < -0.4 is 4.74 Å². The standard InChI is InChI=1S/C38H58N2O6Si/c1-36(2,3)27-19-25(34(42)29(21-27)37(4,5)6)23-39-31-15-13-14-16-32(31)40-24-26-20-28(22-30(35(26)43)38(7,8)9)46-33(41)17-18-47(12,44-10)45-11/h19-24,31-32,42-43H,13-18H2,1-12H3/t31-,32-/m1/s1. The molecule has 1 aliphatic rings. The van der Waals surface area contributed by atoms with Crippen LogP contribution in [-0.4, -0.2) is 63.5 Å². The highest BCUT2D eigenvalue weighted by Gasteiger charge is 2.31. The lowest BCUT2D eigenvalue weighted by Gasteiger charge is -2.28. The van der Waals surface area contributed by atoms with Crippen molar-refractivity contribution in [1.82, 2.24) is 0 Å².